The van der Waals surface area contributed by atoms with Crippen molar-refractivity contribution in [2.24, 2.45) is 0 Å². The molecule has 116 valence electrons. The number of aliphatic carboxylic acids is 2. The molecule has 0 amide bonds. The molecule has 0 radical (unpaired) electrons. The van der Waals surface area contributed by atoms with Gasteiger partial charge >= 0.3 is 59.6 Å². The van der Waals surface area contributed by atoms with E-state index in [1.165, 1.54) is 0 Å². The van der Waals surface area contributed by atoms with Crippen LogP contribution in [0.5, 0.6) is 0 Å². The molecule has 0 atom stereocenters. The Morgan fingerprint density at radius 3 is 0.889 bits per heavy atom. The molecule has 0 rings (SSSR count). The Morgan fingerprint density at radius 1 is 0.833 bits per heavy atom. The van der Waals surface area contributed by atoms with E-state index < -0.39 is 40.8 Å². The number of hydrogen-bond acceptors (Lipinski definition) is 3. The van der Waals surface area contributed by atoms with Crippen molar-refractivity contribution >= 4 is 30.8 Å². The molecule has 5 N–H and O–H groups in total. The van der Waals surface area contributed by atoms with E-state index in [-0.39, 0.29) is 6.15 Å². The molecular weight excluding hydrogens is 506 g/mol. The van der Waals surface area contributed by atoms with Crippen LogP contribution in [0.1, 0.15) is 0 Å². The fraction of sp³-hybridized carbons (Fsp3) is 0.500. The molecule has 0 unspecified atom stereocenters. The maximum atomic E-state index is 10.6. The molecule has 18 heavy (non-hydrogen) atoms. The van der Waals surface area contributed by atoms with Crippen LogP contribution in [0.15, 0.2) is 0 Å². The summed E-state index contributed by atoms with van der Waals surface area (Å²) in [4.78, 5) is 17.8. The van der Waals surface area contributed by atoms with E-state index >= 15 is 0 Å². The van der Waals surface area contributed by atoms with E-state index in [2.05, 4.69) is 0 Å². The van der Waals surface area contributed by atoms with Crippen molar-refractivity contribution in [3.05, 3.63) is 0 Å². The fourth-order valence-corrected chi connectivity index (χ4v) is 0. The summed E-state index contributed by atoms with van der Waals surface area (Å²) in [5.74, 6) is -5.51. The molecule has 0 heterocycles. The molecule has 0 fully saturated rings. The van der Waals surface area contributed by atoms with Gasteiger partial charge in [0, 0.05) is 0 Å². The van der Waals surface area contributed by atoms with Gasteiger partial charge in [-0.15, -0.1) is 0 Å². The number of carboxylic acids is 2. The van der Waals surface area contributed by atoms with E-state index in [1.54, 1.807) is 0 Å². The van der Waals surface area contributed by atoms with Gasteiger partial charge in [-0.1, -0.05) is 0 Å². The van der Waals surface area contributed by atoms with Gasteiger partial charge in [0.1, 0.15) is 0 Å². The van der Waals surface area contributed by atoms with Crippen LogP contribution < -0.4 is 6.15 Å². The molecule has 14 heteroatoms. The third kappa shape index (κ3) is 24.8. The summed E-state index contributed by atoms with van der Waals surface area (Å²) in [6, 6.07) is 0. The summed E-state index contributed by atoms with van der Waals surface area (Å²) < 4.78 is 63.5. The first-order valence-corrected chi connectivity index (χ1v) is 8.36. The number of carboxylic acid groups (broad SMARTS) is 2. The van der Waals surface area contributed by atoms with Crippen molar-refractivity contribution in [2.75, 3.05) is 0 Å². The monoisotopic (exact) mass is 510 g/mol. The van der Waals surface area contributed by atoms with Gasteiger partial charge in [-0.05, 0) is 0 Å². The quantitative estimate of drug-likeness (QED) is 0.434. The molecule has 0 spiro atoms. The van der Waals surface area contributed by atoms with Gasteiger partial charge in [0.2, 0.25) is 0 Å². The van der Waals surface area contributed by atoms with Crippen LogP contribution in [0.25, 0.3) is 0 Å². The fourth-order valence-electron chi connectivity index (χ4n) is 0. The molecule has 0 aromatic rings. The molecule has 0 aromatic carbocycles. The van der Waals surface area contributed by atoms with E-state index in [1.807, 2.05) is 0 Å². The number of halogens is 8. The van der Waals surface area contributed by atoms with Gasteiger partial charge in [-0.2, -0.15) is 26.3 Å². The minimum atomic E-state index is -5.08. The standard InChI is InChI=1S/2C2HF3O2.2ClH.H3N.Pt/c2*3-2(4,5)1(6)7;;;;/h2*(H,6,7);2*1H;1H3;/q;;;;;+2/p-2. The van der Waals surface area contributed by atoms with Crippen LogP contribution in [0.2, 0.25) is 0 Å². The van der Waals surface area contributed by atoms with E-state index in [4.69, 9.17) is 38.6 Å². The molecular formula is C4H5Cl2F6NO4Pt. The van der Waals surface area contributed by atoms with Gasteiger partial charge in [0.15, 0.2) is 0 Å². The van der Waals surface area contributed by atoms with E-state index in [0.29, 0.717) is 0 Å². The Kier molecular flexibility index (Phi) is 17.3. The van der Waals surface area contributed by atoms with Gasteiger partial charge in [-0.3, -0.25) is 0 Å². The summed E-state index contributed by atoms with van der Waals surface area (Å²) in [5.41, 5.74) is 0. The zero-order valence-electron chi connectivity index (χ0n) is 7.76. The number of alkyl halides is 6. The summed E-state index contributed by atoms with van der Waals surface area (Å²) in [7, 11) is 9.75. The second kappa shape index (κ2) is 11.8. The maximum absolute atomic E-state index is 10.6. The normalized spacial score (nSPS) is 10.0. The Bertz CT molecular complexity index is 223. The topological polar surface area (TPSA) is 110 Å². The van der Waals surface area contributed by atoms with Crippen LogP contribution in [0, 0.1) is 0 Å². The van der Waals surface area contributed by atoms with Crippen molar-refractivity contribution in [3.8, 4) is 0 Å². The zero-order valence-corrected chi connectivity index (χ0v) is 11.5. The Hall–Kier alpha value is -0.252. The van der Waals surface area contributed by atoms with Crippen molar-refractivity contribution in [2.45, 2.75) is 12.4 Å². The first-order valence-electron chi connectivity index (χ1n) is 2.73. The molecule has 0 aliphatic carbocycles. The first kappa shape index (κ1) is 26.3. The van der Waals surface area contributed by atoms with Crippen LogP contribution in [0.4, 0.5) is 26.3 Å². The van der Waals surface area contributed by atoms with Gasteiger partial charge in [0.25, 0.3) is 0 Å². The Labute approximate surface area is 112 Å². The second-order valence-corrected chi connectivity index (χ2v) is 4.93. The summed E-state index contributed by atoms with van der Waals surface area (Å²) in [5, 5.41) is 14.2. The van der Waals surface area contributed by atoms with Gasteiger partial charge in [0.05, 0.1) is 0 Å². The van der Waals surface area contributed by atoms with E-state index in [0.717, 1.165) is 0 Å². The predicted octanol–water partition coefficient (Wildman–Crippen LogP) is 2.81. The third-order valence-electron chi connectivity index (χ3n) is 0.485. The predicted molar refractivity (Wildman–Crippen MR) is 44.1 cm³/mol. The van der Waals surface area contributed by atoms with Crippen LogP contribution in [-0.4, -0.2) is 34.5 Å². The molecule has 0 saturated carbocycles. The second-order valence-electron chi connectivity index (χ2n) is 1.65. The van der Waals surface area contributed by atoms with Gasteiger partial charge in [-0.25, -0.2) is 9.59 Å². The number of carbonyl (C=O) groups is 2. The molecule has 0 aliphatic heterocycles. The van der Waals surface area contributed by atoms with E-state index in [9.17, 15) is 26.3 Å². The molecule has 5 nitrogen and oxygen atoms in total. The molecule has 0 bridgehead atoms. The van der Waals surface area contributed by atoms with Crippen molar-refractivity contribution < 1.29 is 62.6 Å². The summed E-state index contributed by atoms with van der Waals surface area (Å²) in [6.45, 7) is 0. The SMILES string of the molecule is N.O=C(O)C(F)(F)F.O=C(O)C(F)(F)F.[Cl][Pt][Cl]. The average Bonchev–Trinajstić information content (AvgIpc) is 2.02. The Balaban J connectivity index is -0.0000000857. The third-order valence-corrected chi connectivity index (χ3v) is 0.485. The van der Waals surface area contributed by atoms with Gasteiger partial charge < -0.3 is 16.4 Å². The van der Waals surface area contributed by atoms with Crippen molar-refractivity contribution in [1.29, 1.82) is 0 Å². The Morgan fingerprint density at radius 2 is 0.889 bits per heavy atom. The van der Waals surface area contributed by atoms with Crippen LogP contribution in [-0.2, 0) is 26.1 Å². The first-order chi connectivity index (χ1) is 7.30. The molecule has 0 saturated heterocycles. The van der Waals surface area contributed by atoms with Crippen LogP contribution >= 0.6 is 18.8 Å². The molecule has 0 aliphatic rings. The average molecular weight is 511 g/mol. The number of hydrogen-bond donors (Lipinski definition) is 3. The minimum absolute atomic E-state index is 0. The zero-order chi connectivity index (χ0) is 14.9. The molecule has 0 aromatic heterocycles. The summed E-state index contributed by atoms with van der Waals surface area (Å²) >= 11 is -0.472. The van der Waals surface area contributed by atoms with Crippen molar-refractivity contribution in [1.82, 2.24) is 6.15 Å². The summed E-state index contributed by atoms with van der Waals surface area (Å²) in [6.07, 6.45) is -10.2. The van der Waals surface area contributed by atoms with Crippen LogP contribution in [0.3, 0.4) is 0 Å². The van der Waals surface area contributed by atoms with Crippen molar-refractivity contribution in [3.63, 3.8) is 0 Å². The number of rotatable bonds is 0.